The Hall–Kier alpha value is -1.17. The second-order valence-electron chi connectivity index (χ2n) is 6.18. The molecule has 1 saturated carbocycles. The van der Waals surface area contributed by atoms with E-state index in [2.05, 4.69) is 10.6 Å². The minimum absolute atomic E-state index is 0.208. The normalized spacial score (nSPS) is 28.7. The minimum atomic E-state index is -0.208. The van der Waals surface area contributed by atoms with Crippen LogP contribution in [0.5, 0.6) is 5.75 Å². The number of halogens is 1. The van der Waals surface area contributed by atoms with E-state index < -0.39 is 0 Å². The van der Waals surface area contributed by atoms with Crippen LogP contribution >= 0.6 is 0 Å². The average Bonchev–Trinajstić information content (AvgIpc) is 3.03. The highest BCUT2D eigenvalue weighted by atomic mass is 19.1. The molecule has 1 saturated heterocycles. The molecule has 2 N–H and O–H groups in total. The van der Waals surface area contributed by atoms with Gasteiger partial charge < -0.3 is 20.1 Å². The molecule has 2 fully saturated rings. The lowest BCUT2D eigenvalue weighted by molar-refractivity contribution is 0.0524. The van der Waals surface area contributed by atoms with Crippen LogP contribution < -0.4 is 15.4 Å². The van der Waals surface area contributed by atoms with Crippen molar-refractivity contribution in [2.24, 2.45) is 5.92 Å². The maximum atomic E-state index is 14.0. The molecular formula is C17H25FN2O2. The van der Waals surface area contributed by atoms with E-state index in [-0.39, 0.29) is 5.82 Å². The van der Waals surface area contributed by atoms with E-state index >= 15 is 0 Å². The Morgan fingerprint density at radius 1 is 1.41 bits per heavy atom. The van der Waals surface area contributed by atoms with E-state index in [1.807, 2.05) is 6.07 Å². The smallest absolute Gasteiger partial charge is 0.131 e. The first-order valence-corrected chi connectivity index (χ1v) is 8.15. The second kappa shape index (κ2) is 7.40. The number of hydrogen-bond acceptors (Lipinski definition) is 4. The molecule has 3 rings (SSSR count). The van der Waals surface area contributed by atoms with E-state index in [4.69, 9.17) is 9.47 Å². The zero-order valence-corrected chi connectivity index (χ0v) is 13.1. The summed E-state index contributed by atoms with van der Waals surface area (Å²) in [5, 5.41) is 7.11. The summed E-state index contributed by atoms with van der Waals surface area (Å²) in [6, 6.07) is 5.91. The summed E-state index contributed by atoms with van der Waals surface area (Å²) in [6.45, 7) is 3.09. The molecule has 0 aromatic heterocycles. The molecule has 1 aromatic carbocycles. The van der Waals surface area contributed by atoms with Crippen molar-refractivity contribution < 1.29 is 13.9 Å². The molecule has 3 atom stereocenters. The third kappa shape index (κ3) is 3.59. The van der Waals surface area contributed by atoms with Crippen LogP contribution in [0.3, 0.4) is 0 Å². The van der Waals surface area contributed by atoms with E-state index in [0.717, 1.165) is 26.2 Å². The molecule has 22 heavy (non-hydrogen) atoms. The molecule has 1 heterocycles. The standard InChI is InChI=1S/C17H25FN2O2/c1-21-13-6-5-12(15(18)9-13)10-20-16-4-2-3-14(16)17-11-22-8-7-19-17/h5-6,9,14,16-17,19-20H,2-4,7-8,10-11H2,1H3. The Labute approximate surface area is 131 Å². The van der Waals surface area contributed by atoms with Crippen molar-refractivity contribution in [2.45, 2.75) is 37.9 Å². The largest absolute Gasteiger partial charge is 0.497 e. The summed E-state index contributed by atoms with van der Waals surface area (Å²) in [6.07, 6.45) is 3.59. The van der Waals surface area contributed by atoms with Crippen LogP contribution in [0.1, 0.15) is 24.8 Å². The minimum Gasteiger partial charge on any atom is -0.497 e. The fourth-order valence-electron chi connectivity index (χ4n) is 3.62. The molecule has 1 aromatic rings. The molecule has 0 spiro atoms. The van der Waals surface area contributed by atoms with Crippen LogP contribution in [0, 0.1) is 11.7 Å². The molecule has 1 aliphatic heterocycles. The highest BCUT2D eigenvalue weighted by Crippen LogP contribution is 2.30. The van der Waals surface area contributed by atoms with Crippen molar-refractivity contribution in [3.05, 3.63) is 29.6 Å². The lowest BCUT2D eigenvalue weighted by atomic mass is 9.94. The summed E-state index contributed by atoms with van der Waals surface area (Å²) in [7, 11) is 1.55. The third-order valence-electron chi connectivity index (χ3n) is 4.85. The molecule has 0 radical (unpaired) electrons. The van der Waals surface area contributed by atoms with Gasteiger partial charge in [0.1, 0.15) is 11.6 Å². The molecule has 0 amide bonds. The fourth-order valence-corrected chi connectivity index (χ4v) is 3.62. The van der Waals surface area contributed by atoms with Crippen molar-refractivity contribution in [3.63, 3.8) is 0 Å². The highest BCUT2D eigenvalue weighted by molar-refractivity contribution is 5.28. The molecule has 1 aliphatic carbocycles. The fraction of sp³-hybridized carbons (Fsp3) is 0.647. The third-order valence-corrected chi connectivity index (χ3v) is 4.85. The Kier molecular flexibility index (Phi) is 5.28. The average molecular weight is 308 g/mol. The van der Waals surface area contributed by atoms with Crippen LogP contribution in [0.25, 0.3) is 0 Å². The SMILES string of the molecule is COc1ccc(CNC2CCCC2C2COCCN2)c(F)c1. The van der Waals surface area contributed by atoms with Gasteiger partial charge in [0.2, 0.25) is 0 Å². The van der Waals surface area contributed by atoms with Gasteiger partial charge in [-0.3, -0.25) is 0 Å². The van der Waals surface area contributed by atoms with E-state index in [9.17, 15) is 4.39 Å². The molecule has 122 valence electrons. The number of nitrogens with one attached hydrogen (secondary N) is 2. The monoisotopic (exact) mass is 308 g/mol. The molecule has 3 unspecified atom stereocenters. The van der Waals surface area contributed by atoms with E-state index in [0.29, 0.717) is 35.9 Å². The van der Waals surface area contributed by atoms with Gasteiger partial charge in [-0.05, 0) is 24.8 Å². The zero-order valence-electron chi connectivity index (χ0n) is 13.1. The maximum Gasteiger partial charge on any atom is 0.131 e. The van der Waals surface area contributed by atoms with Gasteiger partial charge in [0.05, 0.1) is 20.3 Å². The highest BCUT2D eigenvalue weighted by Gasteiger charge is 2.34. The Balaban J connectivity index is 1.58. The molecule has 0 bridgehead atoms. The van der Waals surface area contributed by atoms with Gasteiger partial charge in [0.25, 0.3) is 0 Å². The van der Waals surface area contributed by atoms with E-state index in [1.54, 1.807) is 13.2 Å². The van der Waals surface area contributed by atoms with Crippen LogP contribution in [0.15, 0.2) is 18.2 Å². The predicted octanol–water partition coefficient (Wildman–Crippen LogP) is 2.08. The van der Waals surface area contributed by atoms with Crippen molar-refractivity contribution in [3.8, 4) is 5.75 Å². The van der Waals surface area contributed by atoms with Crippen molar-refractivity contribution in [1.82, 2.24) is 10.6 Å². The molecule has 5 heteroatoms. The van der Waals surface area contributed by atoms with Crippen molar-refractivity contribution >= 4 is 0 Å². The number of ether oxygens (including phenoxy) is 2. The van der Waals surface area contributed by atoms with Gasteiger partial charge in [0, 0.05) is 36.8 Å². The van der Waals surface area contributed by atoms with Crippen LogP contribution in [-0.4, -0.2) is 39.0 Å². The Morgan fingerprint density at radius 2 is 2.32 bits per heavy atom. The quantitative estimate of drug-likeness (QED) is 0.874. The van der Waals surface area contributed by atoms with Gasteiger partial charge in [-0.25, -0.2) is 4.39 Å². The Morgan fingerprint density at radius 3 is 3.05 bits per heavy atom. The maximum absolute atomic E-state index is 14.0. The van der Waals surface area contributed by atoms with Crippen molar-refractivity contribution in [1.29, 1.82) is 0 Å². The molecule has 4 nitrogen and oxygen atoms in total. The lowest BCUT2D eigenvalue weighted by Crippen LogP contribution is -2.50. The first kappa shape index (κ1) is 15.7. The number of rotatable bonds is 5. The summed E-state index contributed by atoms with van der Waals surface area (Å²) in [5.74, 6) is 0.922. The first-order valence-electron chi connectivity index (χ1n) is 8.15. The van der Waals surface area contributed by atoms with Gasteiger partial charge in [-0.15, -0.1) is 0 Å². The molecule has 2 aliphatic rings. The number of methoxy groups -OCH3 is 1. The van der Waals surface area contributed by atoms with Gasteiger partial charge in [-0.2, -0.15) is 0 Å². The van der Waals surface area contributed by atoms with Gasteiger partial charge in [-0.1, -0.05) is 12.5 Å². The topological polar surface area (TPSA) is 42.5 Å². The summed E-state index contributed by atoms with van der Waals surface area (Å²) < 4.78 is 24.6. The number of morpholine rings is 1. The summed E-state index contributed by atoms with van der Waals surface area (Å²) in [5.41, 5.74) is 0.694. The van der Waals surface area contributed by atoms with Crippen molar-refractivity contribution in [2.75, 3.05) is 26.9 Å². The van der Waals surface area contributed by atoms with Crippen LogP contribution in [0.2, 0.25) is 0 Å². The first-order chi connectivity index (χ1) is 10.8. The molecular weight excluding hydrogens is 283 g/mol. The van der Waals surface area contributed by atoms with Gasteiger partial charge >= 0.3 is 0 Å². The second-order valence-corrected chi connectivity index (χ2v) is 6.18. The Bertz CT molecular complexity index is 492. The van der Waals surface area contributed by atoms with E-state index in [1.165, 1.54) is 18.9 Å². The zero-order chi connectivity index (χ0) is 15.4. The van der Waals surface area contributed by atoms with Gasteiger partial charge in [0.15, 0.2) is 0 Å². The summed E-state index contributed by atoms with van der Waals surface area (Å²) >= 11 is 0. The predicted molar refractivity (Wildman–Crippen MR) is 83.5 cm³/mol. The number of hydrogen-bond donors (Lipinski definition) is 2. The number of benzene rings is 1. The van der Waals surface area contributed by atoms with Crippen LogP contribution in [0.4, 0.5) is 4.39 Å². The summed E-state index contributed by atoms with van der Waals surface area (Å²) in [4.78, 5) is 0. The van der Waals surface area contributed by atoms with Crippen LogP contribution in [-0.2, 0) is 11.3 Å². The lowest BCUT2D eigenvalue weighted by Gasteiger charge is -2.33.